The topological polar surface area (TPSA) is 138 Å². The summed E-state index contributed by atoms with van der Waals surface area (Å²) in [4.78, 5) is 10.6. The second kappa shape index (κ2) is 12.6. The highest BCUT2D eigenvalue weighted by atomic mass is 16.6. The van der Waals surface area contributed by atoms with Gasteiger partial charge in [0.05, 0.1) is 0 Å². The molecule has 0 saturated heterocycles. The molecule has 0 heterocycles. The van der Waals surface area contributed by atoms with E-state index >= 15 is 0 Å². The number of hydrogen-bond donors (Lipinski definition) is 6. The Morgan fingerprint density at radius 3 is 1.48 bits per heavy atom. The summed E-state index contributed by atoms with van der Waals surface area (Å²) in [6.45, 7) is 2.20. The van der Waals surface area contributed by atoms with Crippen LogP contribution in [0.1, 0.15) is 90.4 Å². The lowest BCUT2D eigenvalue weighted by Crippen LogP contribution is -2.65. The van der Waals surface area contributed by atoms with Crippen molar-refractivity contribution in [3.8, 4) is 0 Å². The van der Waals surface area contributed by atoms with Gasteiger partial charge in [-0.15, -0.1) is 0 Å². The maximum Gasteiger partial charge on any atom is 0.370 e. The van der Waals surface area contributed by atoms with Crippen molar-refractivity contribution in [2.45, 2.75) is 108 Å². The molecule has 0 aromatic carbocycles. The van der Waals surface area contributed by atoms with E-state index in [0.29, 0.717) is 6.42 Å². The minimum atomic E-state index is -3.82. The highest BCUT2D eigenvalue weighted by Crippen LogP contribution is 2.25. The van der Waals surface area contributed by atoms with Crippen LogP contribution in [-0.2, 0) is 4.79 Å². The number of unbranched alkanes of at least 4 members (excludes halogenated alkanes) is 11. The second-order valence-electron chi connectivity index (χ2n) is 6.90. The third kappa shape index (κ3) is 8.96. The number of hydrogen-bond acceptors (Lipinski definition) is 6. The summed E-state index contributed by atoms with van der Waals surface area (Å²) in [7, 11) is 0. The molecule has 0 spiro atoms. The van der Waals surface area contributed by atoms with E-state index in [1.54, 1.807) is 0 Å². The zero-order valence-electron chi connectivity index (χ0n) is 15.4. The Morgan fingerprint density at radius 2 is 1.12 bits per heavy atom. The van der Waals surface area contributed by atoms with Gasteiger partial charge in [-0.1, -0.05) is 84.0 Å². The molecule has 6 N–H and O–H groups in total. The molecular weight excluding hydrogens is 328 g/mol. The van der Waals surface area contributed by atoms with Gasteiger partial charge in [-0.25, -0.2) is 4.79 Å². The van der Waals surface area contributed by atoms with Crippen LogP contribution >= 0.6 is 0 Å². The van der Waals surface area contributed by atoms with E-state index in [9.17, 15) is 30.3 Å². The van der Waals surface area contributed by atoms with Crippen molar-refractivity contribution in [1.82, 2.24) is 0 Å². The minimum absolute atomic E-state index is 0.124. The molecule has 150 valence electrons. The molecule has 7 nitrogen and oxygen atoms in total. The summed E-state index contributed by atoms with van der Waals surface area (Å²) >= 11 is 0. The smallest absolute Gasteiger partial charge is 0.370 e. The Hall–Kier alpha value is -0.730. The van der Waals surface area contributed by atoms with E-state index in [1.807, 2.05) is 0 Å². The monoisotopic (exact) mass is 364 g/mol. The van der Waals surface area contributed by atoms with Gasteiger partial charge in [0.1, 0.15) is 6.10 Å². The van der Waals surface area contributed by atoms with Gasteiger partial charge >= 0.3 is 11.8 Å². The SMILES string of the molecule is CCCCCCCCCCCCCCC(O)C(O)(O)C(O)(O)C(=O)O. The molecule has 25 heavy (non-hydrogen) atoms. The molecule has 7 heteroatoms. The standard InChI is InChI=1S/C18H36O7/c1-2-3-4-5-6-7-8-9-10-11-12-13-14-15(19)17(22,23)18(24,25)16(20)21/h15,19,22-25H,2-14H2,1H3,(H,20,21). The average Bonchev–Trinajstić information content (AvgIpc) is 2.55. The highest BCUT2D eigenvalue weighted by Gasteiger charge is 2.58. The first-order chi connectivity index (χ1) is 11.7. The zero-order valence-corrected chi connectivity index (χ0v) is 15.4. The molecule has 0 aromatic heterocycles. The lowest BCUT2D eigenvalue weighted by Gasteiger charge is -2.34. The molecular formula is C18H36O7. The Balaban J connectivity index is 3.70. The lowest BCUT2D eigenvalue weighted by molar-refractivity contribution is -0.371. The van der Waals surface area contributed by atoms with E-state index in [1.165, 1.54) is 44.9 Å². The summed E-state index contributed by atoms with van der Waals surface area (Å²) in [6, 6.07) is 0. The van der Waals surface area contributed by atoms with Crippen LogP contribution in [0.2, 0.25) is 0 Å². The first-order valence-corrected chi connectivity index (χ1v) is 9.48. The number of aliphatic hydroxyl groups is 5. The van der Waals surface area contributed by atoms with Gasteiger partial charge in [0.25, 0.3) is 5.79 Å². The summed E-state index contributed by atoms with van der Waals surface area (Å²) in [6.07, 6.45) is 11.2. The summed E-state index contributed by atoms with van der Waals surface area (Å²) in [5.74, 6) is -9.56. The molecule has 0 bridgehead atoms. The van der Waals surface area contributed by atoms with Crippen LogP contribution in [0.5, 0.6) is 0 Å². The van der Waals surface area contributed by atoms with Crippen molar-refractivity contribution in [1.29, 1.82) is 0 Å². The number of carbonyl (C=O) groups is 1. The fraction of sp³-hybridized carbons (Fsp3) is 0.944. The van der Waals surface area contributed by atoms with Gasteiger partial charge in [-0.3, -0.25) is 0 Å². The minimum Gasteiger partial charge on any atom is -0.477 e. The first kappa shape index (κ1) is 24.3. The molecule has 0 aliphatic carbocycles. The summed E-state index contributed by atoms with van der Waals surface area (Å²) in [5, 5.41) is 55.5. The van der Waals surface area contributed by atoms with E-state index in [4.69, 9.17) is 5.11 Å². The lowest BCUT2D eigenvalue weighted by atomic mass is 9.95. The van der Waals surface area contributed by atoms with Crippen LogP contribution < -0.4 is 0 Å². The van der Waals surface area contributed by atoms with Gasteiger partial charge in [0, 0.05) is 0 Å². The van der Waals surface area contributed by atoms with Crippen LogP contribution in [0, 0.1) is 0 Å². The van der Waals surface area contributed by atoms with Crippen LogP contribution in [-0.4, -0.2) is 54.3 Å². The molecule has 0 radical (unpaired) electrons. The fourth-order valence-electron chi connectivity index (χ4n) is 2.77. The van der Waals surface area contributed by atoms with Crippen molar-refractivity contribution in [2.75, 3.05) is 0 Å². The quantitative estimate of drug-likeness (QED) is 0.182. The van der Waals surface area contributed by atoms with Crippen LogP contribution in [0.3, 0.4) is 0 Å². The number of aliphatic hydroxyl groups excluding tert-OH is 1. The zero-order chi connectivity index (χ0) is 19.3. The van der Waals surface area contributed by atoms with Gasteiger partial charge in [-0.05, 0) is 6.42 Å². The van der Waals surface area contributed by atoms with Crippen molar-refractivity contribution in [3.63, 3.8) is 0 Å². The average molecular weight is 364 g/mol. The molecule has 1 atom stereocenters. The van der Waals surface area contributed by atoms with Gasteiger partial charge in [-0.2, -0.15) is 0 Å². The van der Waals surface area contributed by atoms with E-state index in [0.717, 1.165) is 25.7 Å². The summed E-state index contributed by atoms with van der Waals surface area (Å²) < 4.78 is 0. The number of carboxylic acid groups (broad SMARTS) is 1. The normalized spacial score (nSPS) is 13.8. The summed E-state index contributed by atoms with van der Waals surface area (Å²) in [5.41, 5.74) is 0. The molecule has 0 amide bonds. The number of rotatable bonds is 16. The van der Waals surface area contributed by atoms with Crippen molar-refractivity contribution >= 4 is 5.97 Å². The largest absolute Gasteiger partial charge is 0.477 e. The van der Waals surface area contributed by atoms with Crippen LogP contribution in [0.15, 0.2) is 0 Å². The molecule has 0 aromatic rings. The van der Waals surface area contributed by atoms with E-state index in [-0.39, 0.29) is 6.42 Å². The maximum atomic E-state index is 10.6. The molecule has 0 aliphatic rings. The van der Waals surface area contributed by atoms with E-state index < -0.39 is 23.6 Å². The Kier molecular flexibility index (Phi) is 12.2. The van der Waals surface area contributed by atoms with Gasteiger partial charge < -0.3 is 30.6 Å². The Bertz CT molecular complexity index is 355. The second-order valence-corrected chi connectivity index (χ2v) is 6.90. The predicted octanol–water partition coefficient (Wildman–Crippen LogP) is 1.88. The Labute approximate surface area is 150 Å². The molecule has 1 unspecified atom stereocenters. The first-order valence-electron chi connectivity index (χ1n) is 9.48. The van der Waals surface area contributed by atoms with Crippen molar-refractivity contribution in [3.05, 3.63) is 0 Å². The van der Waals surface area contributed by atoms with E-state index in [2.05, 4.69) is 6.92 Å². The molecule has 0 rings (SSSR count). The van der Waals surface area contributed by atoms with Gasteiger partial charge in [0.2, 0.25) is 0 Å². The fourth-order valence-corrected chi connectivity index (χ4v) is 2.77. The van der Waals surface area contributed by atoms with Crippen molar-refractivity contribution < 1.29 is 35.4 Å². The third-order valence-corrected chi connectivity index (χ3v) is 4.61. The van der Waals surface area contributed by atoms with Gasteiger partial charge in [0.15, 0.2) is 0 Å². The number of carboxylic acids is 1. The third-order valence-electron chi connectivity index (χ3n) is 4.61. The molecule has 0 fully saturated rings. The van der Waals surface area contributed by atoms with Crippen LogP contribution in [0.4, 0.5) is 0 Å². The van der Waals surface area contributed by atoms with Crippen molar-refractivity contribution in [2.24, 2.45) is 0 Å². The Morgan fingerprint density at radius 1 is 0.760 bits per heavy atom. The molecule has 0 aliphatic heterocycles. The highest BCUT2D eigenvalue weighted by molar-refractivity contribution is 5.76. The number of aliphatic carboxylic acids is 1. The predicted molar refractivity (Wildman–Crippen MR) is 93.7 cm³/mol. The van der Waals surface area contributed by atoms with Crippen LogP contribution in [0.25, 0.3) is 0 Å². The maximum absolute atomic E-state index is 10.6. The molecule has 0 saturated carbocycles.